The van der Waals surface area contributed by atoms with E-state index in [1.165, 1.54) is 0 Å². The molecule has 0 saturated carbocycles. The van der Waals surface area contributed by atoms with E-state index in [-0.39, 0.29) is 0 Å². The van der Waals surface area contributed by atoms with Crippen LogP contribution in [0.25, 0.3) is 0 Å². The first-order valence-electron chi connectivity index (χ1n) is 6.01. The Kier molecular flexibility index (Phi) is 3.19. The van der Waals surface area contributed by atoms with Gasteiger partial charge in [0.15, 0.2) is 0 Å². The van der Waals surface area contributed by atoms with Gasteiger partial charge in [0.2, 0.25) is 0 Å². The van der Waals surface area contributed by atoms with Gasteiger partial charge in [-0.25, -0.2) is 9.78 Å². The number of hydrogen-bond acceptors (Lipinski definition) is 4. The quantitative estimate of drug-likeness (QED) is 0.878. The highest BCUT2D eigenvalue weighted by Crippen LogP contribution is 2.36. The summed E-state index contributed by atoms with van der Waals surface area (Å²) in [5, 5.41) is 18.2. The summed E-state index contributed by atoms with van der Waals surface area (Å²) in [5.74, 6) is -0.785. The van der Waals surface area contributed by atoms with E-state index in [2.05, 4.69) is 4.98 Å². The van der Waals surface area contributed by atoms with Gasteiger partial charge in [0.25, 0.3) is 0 Å². The van der Waals surface area contributed by atoms with Crippen LogP contribution in [0.4, 0.5) is 5.69 Å². The summed E-state index contributed by atoms with van der Waals surface area (Å²) in [6.07, 6.45) is 3.65. The maximum Gasteiger partial charge on any atom is 0.329 e. The first kappa shape index (κ1) is 12.4. The van der Waals surface area contributed by atoms with Crippen LogP contribution in [0, 0.1) is 11.3 Å². The molecule has 0 aromatic carbocycles. The molecule has 94 valence electrons. The lowest BCUT2D eigenvalue weighted by Gasteiger charge is -2.35. The highest BCUT2D eigenvalue weighted by Gasteiger charge is 2.46. The molecule has 5 nitrogen and oxygen atoms in total. The number of carboxylic acids is 1. The summed E-state index contributed by atoms with van der Waals surface area (Å²) in [7, 11) is 0. The standard InChI is InChI=1S/C13H15N3O2/c1-2-13(12(17)18)6-3-7-16(13)11-5-4-10(8-14)15-9-11/h4-5,9H,2-3,6-7H2,1H3,(H,17,18). The van der Waals surface area contributed by atoms with E-state index in [1.807, 2.05) is 17.9 Å². The van der Waals surface area contributed by atoms with Gasteiger partial charge in [-0.2, -0.15) is 5.26 Å². The minimum atomic E-state index is -0.824. The molecule has 1 N–H and O–H groups in total. The number of carbonyl (C=O) groups is 1. The van der Waals surface area contributed by atoms with Gasteiger partial charge in [-0.3, -0.25) is 0 Å². The van der Waals surface area contributed by atoms with Crippen molar-refractivity contribution in [3.63, 3.8) is 0 Å². The lowest BCUT2D eigenvalue weighted by atomic mass is 9.92. The zero-order chi connectivity index (χ0) is 13.2. The summed E-state index contributed by atoms with van der Waals surface area (Å²) >= 11 is 0. The van der Waals surface area contributed by atoms with Gasteiger partial charge in [-0.15, -0.1) is 0 Å². The van der Waals surface area contributed by atoms with E-state index in [1.54, 1.807) is 18.3 Å². The average molecular weight is 245 g/mol. The number of aromatic nitrogens is 1. The molecule has 1 aliphatic rings. The van der Waals surface area contributed by atoms with Gasteiger partial charge in [0.1, 0.15) is 17.3 Å². The van der Waals surface area contributed by atoms with Crippen molar-refractivity contribution >= 4 is 11.7 Å². The fraction of sp³-hybridized carbons (Fsp3) is 0.462. The fourth-order valence-electron chi connectivity index (χ4n) is 2.61. The molecule has 2 heterocycles. The van der Waals surface area contributed by atoms with E-state index in [4.69, 9.17) is 5.26 Å². The van der Waals surface area contributed by atoms with E-state index >= 15 is 0 Å². The molecule has 1 aromatic heterocycles. The summed E-state index contributed by atoms with van der Waals surface area (Å²) in [6.45, 7) is 2.61. The molecule has 1 aromatic rings. The maximum atomic E-state index is 11.5. The lowest BCUT2D eigenvalue weighted by Crippen LogP contribution is -2.50. The van der Waals surface area contributed by atoms with Crippen molar-refractivity contribution in [3.05, 3.63) is 24.0 Å². The molecule has 5 heteroatoms. The zero-order valence-corrected chi connectivity index (χ0v) is 10.3. The predicted octanol–water partition coefficient (Wildman–Crippen LogP) is 1.79. The Morgan fingerprint density at radius 2 is 2.44 bits per heavy atom. The number of nitriles is 1. The highest BCUT2D eigenvalue weighted by molar-refractivity contribution is 5.84. The minimum Gasteiger partial charge on any atom is -0.479 e. The Balaban J connectivity index is 2.36. The minimum absolute atomic E-state index is 0.343. The van der Waals surface area contributed by atoms with Crippen LogP contribution in [0.1, 0.15) is 31.9 Å². The first-order chi connectivity index (χ1) is 8.64. The molecule has 0 aliphatic carbocycles. The largest absolute Gasteiger partial charge is 0.479 e. The molecular formula is C13H15N3O2. The third-order valence-electron chi connectivity index (χ3n) is 3.65. The Morgan fingerprint density at radius 1 is 1.67 bits per heavy atom. The predicted molar refractivity (Wildman–Crippen MR) is 66.2 cm³/mol. The monoisotopic (exact) mass is 245 g/mol. The highest BCUT2D eigenvalue weighted by atomic mass is 16.4. The molecule has 1 atom stereocenters. The summed E-state index contributed by atoms with van der Waals surface area (Å²) in [6, 6.07) is 5.35. The molecule has 1 unspecified atom stereocenters. The van der Waals surface area contributed by atoms with Crippen molar-refractivity contribution in [1.82, 2.24) is 4.98 Å². The normalized spacial score (nSPS) is 22.8. The van der Waals surface area contributed by atoms with Crippen LogP contribution in [-0.4, -0.2) is 28.1 Å². The van der Waals surface area contributed by atoms with Crippen LogP contribution in [0.2, 0.25) is 0 Å². The van der Waals surface area contributed by atoms with E-state index in [0.717, 1.165) is 12.1 Å². The molecule has 1 fully saturated rings. The van der Waals surface area contributed by atoms with Gasteiger partial charge in [-0.05, 0) is 31.4 Å². The maximum absolute atomic E-state index is 11.5. The molecule has 0 bridgehead atoms. The molecule has 2 rings (SSSR count). The van der Waals surface area contributed by atoms with E-state index < -0.39 is 11.5 Å². The number of nitrogens with zero attached hydrogens (tertiary/aromatic N) is 3. The number of hydrogen-bond donors (Lipinski definition) is 1. The van der Waals surface area contributed by atoms with Crippen LogP contribution in [0.15, 0.2) is 18.3 Å². The van der Waals surface area contributed by atoms with Gasteiger partial charge in [0.05, 0.1) is 11.9 Å². The fourth-order valence-corrected chi connectivity index (χ4v) is 2.61. The van der Waals surface area contributed by atoms with Crippen molar-refractivity contribution in [2.24, 2.45) is 0 Å². The summed E-state index contributed by atoms with van der Waals surface area (Å²) in [5.41, 5.74) is 0.293. The Bertz CT molecular complexity index is 492. The molecule has 0 amide bonds. The smallest absolute Gasteiger partial charge is 0.329 e. The number of rotatable bonds is 3. The second-order valence-corrected chi connectivity index (χ2v) is 4.46. The van der Waals surface area contributed by atoms with Gasteiger partial charge in [0, 0.05) is 6.54 Å². The van der Waals surface area contributed by atoms with Crippen LogP contribution >= 0.6 is 0 Å². The Morgan fingerprint density at radius 3 is 2.94 bits per heavy atom. The zero-order valence-electron chi connectivity index (χ0n) is 10.3. The molecule has 0 radical (unpaired) electrons. The van der Waals surface area contributed by atoms with E-state index in [9.17, 15) is 9.90 Å². The SMILES string of the molecule is CCC1(C(=O)O)CCCN1c1ccc(C#N)nc1. The number of pyridine rings is 1. The Labute approximate surface area is 106 Å². The van der Waals surface area contributed by atoms with E-state index in [0.29, 0.717) is 25.1 Å². The first-order valence-corrected chi connectivity index (χ1v) is 6.01. The van der Waals surface area contributed by atoms with Crippen molar-refractivity contribution in [3.8, 4) is 6.07 Å². The van der Waals surface area contributed by atoms with Crippen LogP contribution in [0.3, 0.4) is 0 Å². The van der Waals surface area contributed by atoms with Crippen LogP contribution in [0.5, 0.6) is 0 Å². The molecular weight excluding hydrogens is 230 g/mol. The van der Waals surface area contributed by atoms with Crippen LogP contribution < -0.4 is 4.90 Å². The lowest BCUT2D eigenvalue weighted by molar-refractivity contribution is -0.143. The van der Waals surface area contributed by atoms with Crippen LogP contribution in [-0.2, 0) is 4.79 Å². The molecule has 18 heavy (non-hydrogen) atoms. The van der Waals surface area contributed by atoms with Crippen molar-refractivity contribution in [1.29, 1.82) is 5.26 Å². The average Bonchev–Trinajstić information content (AvgIpc) is 2.84. The number of aliphatic carboxylic acids is 1. The Hall–Kier alpha value is -2.09. The third kappa shape index (κ3) is 1.80. The third-order valence-corrected chi connectivity index (χ3v) is 3.65. The second kappa shape index (κ2) is 4.65. The second-order valence-electron chi connectivity index (χ2n) is 4.46. The molecule has 0 spiro atoms. The summed E-state index contributed by atoms with van der Waals surface area (Å²) < 4.78 is 0. The molecule has 1 saturated heterocycles. The van der Waals surface area contributed by atoms with Crippen molar-refractivity contribution in [2.45, 2.75) is 31.7 Å². The van der Waals surface area contributed by atoms with Gasteiger partial charge < -0.3 is 10.0 Å². The number of anilines is 1. The number of carboxylic acid groups (broad SMARTS) is 1. The van der Waals surface area contributed by atoms with Crippen molar-refractivity contribution < 1.29 is 9.90 Å². The topological polar surface area (TPSA) is 77.2 Å². The molecule has 1 aliphatic heterocycles. The van der Waals surface area contributed by atoms with Gasteiger partial charge in [-0.1, -0.05) is 6.92 Å². The van der Waals surface area contributed by atoms with Crippen molar-refractivity contribution in [2.75, 3.05) is 11.4 Å². The van der Waals surface area contributed by atoms with Gasteiger partial charge >= 0.3 is 5.97 Å². The summed E-state index contributed by atoms with van der Waals surface area (Å²) in [4.78, 5) is 17.4.